The van der Waals surface area contributed by atoms with E-state index in [2.05, 4.69) is 20.8 Å². The predicted octanol–water partition coefficient (Wildman–Crippen LogP) is 3.28. The second-order valence-corrected chi connectivity index (χ2v) is 5.36. The molecule has 2 heteroatoms. The molecule has 0 aliphatic heterocycles. The van der Waals surface area contributed by atoms with Crippen molar-refractivity contribution in [1.82, 2.24) is 0 Å². The standard InChI is InChI=1S/C14H28O2/c1-5-6-7-13(15)9-11-14(4,16)10-8-12(2)3/h9,11-13,15-16H,5-8,10H2,1-4H3. The molecule has 0 saturated carbocycles. The van der Waals surface area contributed by atoms with Crippen molar-refractivity contribution in [3.8, 4) is 0 Å². The van der Waals surface area contributed by atoms with Gasteiger partial charge in [-0.1, -0.05) is 45.8 Å². The van der Waals surface area contributed by atoms with E-state index in [9.17, 15) is 10.2 Å². The molecule has 0 spiro atoms. The van der Waals surface area contributed by atoms with Crippen molar-refractivity contribution in [3.63, 3.8) is 0 Å². The van der Waals surface area contributed by atoms with Crippen molar-refractivity contribution >= 4 is 0 Å². The van der Waals surface area contributed by atoms with E-state index in [1.807, 2.05) is 0 Å². The van der Waals surface area contributed by atoms with Gasteiger partial charge in [0.25, 0.3) is 0 Å². The summed E-state index contributed by atoms with van der Waals surface area (Å²) in [6.45, 7) is 8.21. The van der Waals surface area contributed by atoms with Crippen LogP contribution in [-0.4, -0.2) is 21.9 Å². The lowest BCUT2D eigenvalue weighted by Crippen LogP contribution is -2.22. The minimum absolute atomic E-state index is 0.412. The maximum atomic E-state index is 10.0. The van der Waals surface area contributed by atoms with Gasteiger partial charge in [-0.25, -0.2) is 0 Å². The third kappa shape index (κ3) is 8.93. The fourth-order valence-corrected chi connectivity index (χ4v) is 1.49. The summed E-state index contributed by atoms with van der Waals surface area (Å²) in [6, 6.07) is 0. The molecule has 0 aromatic rings. The zero-order valence-corrected chi connectivity index (χ0v) is 11.2. The minimum Gasteiger partial charge on any atom is -0.389 e. The van der Waals surface area contributed by atoms with Crippen LogP contribution in [0.5, 0.6) is 0 Å². The van der Waals surface area contributed by atoms with E-state index in [1.54, 1.807) is 19.1 Å². The summed E-state index contributed by atoms with van der Waals surface area (Å²) in [7, 11) is 0. The van der Waals surface area contributed by atoms with E-state index in [0.29, 0.717) is 5.92 Å². The van der Waals surface area contributed by atoms with Crippen LogP contribution in [0.2, 0.25) is 0 Å². The lowest BCUT2D eigenvalue weighted by Gasteiger charge is -2.20. The first-order chi connectivity index (χ1) is 7.37. The first-order valence-corrected chi connectivity index (χ1v) is 6.47. The Morgan fingerprint density at radius 1 is 1.25 bits per heavy atom. The van der Waals surface area contributed by atoms with Crippen LogP contribution < -0.4 is 0 Å². The summed E-state index contributed by atoms with van der Waals surface area (Å²) in [5.41, 5.74) is -0.780. The Labute approximate surface area is 100 Å². The second kappa shape index (κ2) is 7.86. The summed E-state index contributed by atoms with van der Waals surface area (Å²) in [5.74, 6) is 0.602. The largest absolute Gasteiger partial charge is 0.389 e. The molecule has 96 valence electrons. The predicted molar refractivity (Wildman–Crippen MR) is 69.4 cm³/mol. The number of hydrogen-bond acceptors (Lipinski definition) is 2. The van der Waals surface area contributed by atoms with Crippen LogP contribution in [0.15, 0.2) is 12.2 Å². The smallest absolute Gasteiger partial charge is 0.0800 e. The first-order valence-electron chi connectivity index (χ1n) is 6.47. The Morgan fingerprint density at radius 2 is 1.88 bits per heavy atom. The van der Waals surface area contributed by atoms with Gasteiger partial charge in [0, 0.05) is 0 Å². The Bertz CT molecular complexity index is 195. The molecule has 0 bridgehead atoms. The fraction of sp³-hybridized carbons (Fsp3) is 0.857. The zero-order chi connectivity index (χ0) is 12.6. The lowest BCUT2D eigenvalue weighted by molar-refractivity contribution is 0.0929. The van der Waals surface area contributed by atoms with Gasteiger partial charge in [-0.3, -0.25) is 0 Å². The summed E-state index contributed by atoms with van der Waals surface area (Å²) >= 11 is 0. The van der Waals surface area contributed by atoms with Gasteiger partial charge in [-0.05, 0) is 32.1 Å². The maximum Gasteiger partial charge on any atom is 0.0800 e. The molecule has 0 saturated heterocycles. The molecule has 0 rings (SSSR count). The average Bonchev–Trinajstić information content (AvgIpc) is 2.21. The molecular weight excluding hydrogens is 200 g/mol. The van der Waals surface area contributed by atoms with Crippen LogP contribution in [0, 0.1) is 5.92 Å². The summed E-state index contributed by atoms with van der Waals surface area (Å²) in [4.78, 5) is 0. The molecular formula is C14H28O2. The van der Waals surface area contributed by atoms with E-state index in [4.69, 9.17) is 0 Å². The highest BCUT2D eigenvalue weighted by Gasteiger charge is 2.16. The molecule has 0 aliphatic rings. The number of hydrogen-bond donors (Lipinski definition) is 2. The van der Waals surface area contributed by atoms with E-state index in [1.165, 1.54) is 0 Å². The monoisotopic (exact) mass is 228 g/mol. The Kier molecular flexibility index (Phi) is 7.69. The number of rotatable bonds is 8. The van der Waals surface area contributed by atoms with Crippen molar-refractivity contribution in [3.05, 3.63) is 12.2 Å². The van der Waals surface area contributed by atoms with Gasteiger partial charge in [0.1, 0.15) is 0 Å². The second-order valence-electron chi connectivity index (χ2n) is 5.36. The average molecular weight is 228 g/mol. The van der Waals surface area contributed by atoms with Crippen LogP contribution in [0.4, 0.5) is 0 Å². The van der Waals surface area contributed by atoms with Crippen molar-refractivity contribution in [1.29, 1.82) is 0 Å². The highest BCUT2D eigenvalue weighted by Crippen LogP contribution is 2.18. The van der Waals surface area contributed by atoms with Gasteiger partial charge in [0.15, 0.2) is 0 Å². The van der Waals surface area contributed by atoms with Crippen LogP contribution >= 0.6 is 0 Å². The molecule has 0 radical (unpaired) electrons. The van der Waals surface area contributed by atoms with Crippen LogP contribution in [0.1, 0.15) is 59.8 Å². The first kappa shape index (κ1) is 15.7. The highest BCUT2D eigenvalue weighted by molar-refractivity contribution is 5.01. The van der Waals surface area contributed by atoms with Gasteiger partial charge in [0.05, 0.1) is 11.7 Å². The van der Waals surface area contributed by atoms with Crippen LogP contribution in [0.25, 0.3) is 0 Å². The molecule has 0 aromatic heterocycles. The topological polar surface area (TPSA) is 40.5 Å². The number of aliphatic hydroxyl groups is 2. The SMILES string of the molecule is CCCCC(O)C=CC(C)(O)CCC(C)C. The van der Waals surface area contributed by atoms with E-state index < -0.39 is 11.7 Å². The van der Waals surface area contributed by atoms with Crippen LogP contribution in [0.3, 0.4) is 0 Å². The van der Waals surface area contributed by atoms with Gasteiger partial charge in [0.2, 0.25) is 0 Å². The van der Waals surface area contributed by atoms with Crippen LogP contribution in [-0.2, 0) is 0 Å². The van der Waals surface area contributed by atoms with Crippen molar-refractivity contribution in [2.24, 2.45) is 5.92 Å². The lowest BCUT2D eigenvalue weighted by atomic mass is 9.94. The Morgan fingerprint density at radius 3 is 2.38 bits per heavy atom. The molecule has 0 fully saturated rings. The summed E-state index contributed by atoms with van der Waals surface area (Å²) in [5, 5.41) is 19.7. The quantitative estimate of drug-likeness (QED) is 0.626. The number of unbranched alkanes of at least 4 members (excludes halogenated alkanes) is 1. The third-order valence-electron chi connectivity index (χ3n) is 2.76. The zero-order valence-electron chi connectivity index (χ0n) is 11.2. The molecule has 0 amide bonds. The van der Waals surface area contributed by atoms with Crippen molar-refractivity contribution < 1.29 is 10.2 Å². The fourth-order valence-electron chi connectivity index (χ4n) is 1.49. The molecule has 0 aliphatic carbocycles. The molecule has 2 unspecified atom stereocenters. The summed E-state index contributed by atoms with van der Waals surface area (Å²) < 4.78 is 0. The van der Waals surface area contributed by atoms with E-state index in [0.717, 1.165) is 32.1 Å². The Balaban J connectivity index is 3.97. The molecule has 16 heavy (non-hydrogen) atoms. The van der Waals surface area contributed by atoms with Gasteiger partial charge in [-0.15, -0.1) is 0 Å². The molecule has 2 atom stereocenters. The highest BCUT2D eigenvalue weighted by atomic mass is 16.3. The van der Waals surface area contributed by atoms with Crippen molar-refractivity contribution in [2.75, 3.05) is 0 Å². The van der Waals surface area contributed by atoms with Gasteiger partial charge >= 0.3 is 0 Å². The van der Waals surface area contributed by atoms with Gasteiger partial charge in [-0.2, -0.15) is 0 Å². The molecule has 2 nitrogen and oxygen atoms in total. The van der Waals surface area contributed by atoms with Crippen molar-refractivity contribution in [2.45, 2.75) is 71.5 Å². The normalized spacial score (nSPS) is 17.9. The maximum absolute atomic E-state index is 10.0. The third-order valence-corrected chi connectivity index (χ3v) is 2.76. The minimum atomic E-state index is -0.780. The Hall–Kier alpha value is -0.340. The van der Waals surface area contributed by atoms with E-state index in [-0.39, 0.29) is 0 Å². The van der Waals surface area contributed by atoms with E-state index >= 15 is 0 Å². The molecule has 0 heterocycles. The van der Waals surface area contributed by atoms with Gasteiger partial charge < -0.3 is 10.2 Å². The number of aliphatic hydroxyl groups excluding tert-OH is 1. The molecule has 2 N–H and O–H groups in total. The molecule has 0 aromatic carbocycles. The summed E-state index contributed by atoms with van der Waals surface area (Å²) in [6.07, 6.45) is 7.72.